The molecule has 0 atom stereocenters. The Morgan fingerprint density at radius 3 is 1.49 bits per heavy atom. The number of rotatable bonds is 9. The van der Waals surface area contributed by atoms with Crippen LogP contribution in [0.2, 0.25) is 0 Å². The molecule has 16 nitrogen and oxygen atoms in total. The first-order chi connectivity index (χ1) is 32.7. The number of hydrogen-bond donors (Lipinski definition) is 1. The molecule has 2 aliphatic heterocycles. The smallest absolute Gasteiger partial charge is 0.324 e. The number of benzene rings is 4. The monoisotopic (exact) mass is 1200 g/mol. The number of carbonyl (C=O) groups excluding carboxylic acids is 2. The van der Waals surface area contributed by atoms with Gasteiger partial charge in [-0.1, -0.05) is 59.9 Å². The molecule has 0 aliphatic carbocycles. The molecule has 0 spiro atoms. The summed E-state index contributed by atoms with van der Waals surface area (Å²) in [5.74, 6) is -3.37. The molecule has 0 saturated carbocycles. The second kappa shape index (κ2) is 23.5. The van der Waals surface area contributed by atoms with Gasteiger partial charge in [0.25, 0.3) is 11.8 Å². The van der Waals surface area contributed by atoms with E-state index in [1.54, 1.807) is 36.4 Å². The Hall–Kier alpha value is -5.38. The molecule has 6 aromatic rings. The number of halogens is 9. The van der Waals surface area contributed by atoms with Crippen molar-refractivity contribution in [2.45, 2.75) is 24.7 Å². The van der Waals surface area contributed by atoms with Gasteiger partial charge in [-0.15, -0.1) is 20.4 Å². The van der Waals surface area contributed by atoms with Gasteiger partial charge in [-0.3, -0.25) is 4.90 Å². The summed E-state index contributed by atoms with van der Waals surface area (Å²) in [6.07, 6.45) is -5.77. The minimum atomic E-state index is -3.19. The number of alkyl halides is 5. The van der Waals surface area contributed by atoms with E-state index in [9.17, 15) is 52.8 Å². The molecule has 368 valence electrons. The zero-order valence-electron chi connectivity index (χ0n) is 35.4. The fourth-order valence-corrected chi connectivity index (χ4v) is 9.65. The van der Waals surface area contributed by atoms with Crippen molar-refractivity contribution in [1.82, 2.24) is 30.2 Å². The predicted molar refractivity (Wildman–Crippen MR) is 251 cm³/mol. The number of sulfone groups is 2. The van der Waals surface area contributed by atoms with Gasteiger partial charge >= 0.3 is 24.9 Å². The standard InChI is InChI=1S/C21H18BrF3N4O4S.C11H13BrN2O3S.C10H6BrF3N2O/c22-15-3-5-16(6-4-15)29(21(30)28-7-9-34(31,32)10-8-28)12-14-2-1-13(11-17(14)23)19-26-27-20(33-19)18(24)25;12-9-1-3-10(4-2-9)13-11(15)14-5-7-18(16,17)8-6-14;11-4-6-2-1-5(3-7(6)12)9-15-16-10(17-9)8(13)14/h1-6,11,18H,7-10,12H2;1-4H,5-8H2,(H,13,15);1-3,8H,4H2. The summed E-state index contributed by atoms with van der Waals surface area (Å²) in [5, 5.41) is 16.4. The topological polar surface area (TPSA) is 202 Å². The molecule has 4 heterocycles. The second-order valence-electron chi connectivity index (χ2n) is 14.8. The Kier molecular flexibility index (Phi) is 18.0. The quantitative estimate of drug-likeness (QED) is 0.106. The SMILES string of the molecule is Fc1cc(-c2nnc(C(F)F)o2)ccc1CBr.O=C(N1CCS(=O)(=O)CC1)N(Cc1ccc(-c2nnc(C(F)F)o2)cc1F)c1ccc(Br)cc1.O=C(Nc1ccc(Br)cc1)N1CCS(=O)(=O)CC1. The Morgan fingerprint density at radius 1 is 0.638 bits per heavy atom. The van der Waals surface area contributed by atoms with Crippen LogP contribution in [-0.4, -0.2) is 108 Å². The Balaban J connectivity index is 0.000000188. The van der Waals surface area contributed by atoms with E-state index in [0.717, 1.165) is 15.0 Å². The van der Waals surface area contributed by atoms with Crippen molar-refractivity contribution >= 4 is 90.9 Å². The minimum Gasteiger partial charge on any atom is -0.415 e. The molecule has 8 rings (SSSR count). The van der Waals surface area contributed by atoms with Crippen LogP contribution in [0.4, 0.5) is 47.3 Å². The van der Waals surface area contributed by atoms with Gasteiger partial charge in [0, 0.05) is 68.5 Å². The molecule has 4 amide bonds. The number of aromatic nitrogens is 4. The first kappa shape index (κ1) is 53.0. The molecule has 69 heavy (non-hydrogen) atoms. The molecule has 4 aromatic carbocycles. The van der Waals surface area contributed by atoms with E-state index in [4.69, 9.17) is 8.83 Å². The van der Waals surface area contributed by atoms with Crippen LogP contribution in [0.25, 0.3) is 22.9 Å². The van der Waals surface area contributed by atoms with Crippen LogP contribution < -0.4 is 10.2 Å². The molecule has 2 fully saturated rings. The lowest BCUT2D eigenvalue weighted by atomic mass is 10.1. The van der Waals surface area contributed by atoms with Crippen molar-refractivity contribution in [1.29, 1.82) is 0 Å². The van der Waals surface area contributed by atoms with Gasteiger partial charge in [0.05, 0.1) is 29.6 Å². The van der Waals surface area contributed by atoms with Crippen molar-refractivity contribution in [2.24, 2.45) is 0 Å². The van der Waals surface area contributed by atoms with Gasteiger partial charge in [-0.05, 0) is 78.4 Å². The molecular weight excluding hydrogens is 1160 g/mol. The van der Waals surface area contributed by atoms with Crippen molar-refractivity contribution in [3.63, 3.8) is 0 Å². The largest absolute Gasteiger partial charge is 0.415 e. The fourth-order valence-electron chi connectivity index (χ4n) is 6.26. The van der Waals surface area contributed by atoms with Crippen LogP contribution in [0, 0.1) is 11.6 Å². The Labute approximate surface area is 415 Å². The summed E-state index contributed by atoms with van der Waals surface area (Å²) in [7, 11) is -6.15. The van der Waals surface area contributed by atoms with Gasteiger partial charge in [0.15, 0.2) is 19.7 Å². The summed E-state index contributed by atoms with van der Waals surface area (Å²) in [5.41, 5.74) is 2.18. The van der Waals surface area contributed by atoms with Crippen LogP contribution >= 0.6 is 47.8 Å². The van der Waals surface area contributed by atoms with E-state index in [2.05, 4.69) is 73.5 Å². The van der Waals surface area contributed by atoms with Crippen molar-refractivity contribution in [3.05, 3.63) is 128 Å². The van der Waals surface area contributed by atoms with Crippen LogP contribution in [0.1, 0.15) is 35.8 Å². The summed E-state index contributed by atoms with van der Waals surface area (Å²) in [4.78, 5) is 29.4. The maximum Gasteiger partial charge on any atom is 0.324 e. The lowest BCUT2D eigenvalue weighted by molar-refractivity contribution is 0.115. The normalized spacial score (nSPS) is 15.2. The number of nitrogens with zero attached hydrogens (tertiary/aromatic N) is 7. The molecule has 0 bridgehead atoms. The molecule has 2 aromatic heterocycles. The van der Waals surface area contributed by atoms with Crippen LogP contribution in [0.15, 0.2) is 103 Å². The first-order valence-electron chi connectivity index (χ1n) is 20.1. The highest BCUT2D eigenvalue weighted by atomic mass is 79.9. The second-order valence-corrected chi connectivity index (χ2v) is 21.8. The highest BCUT2D eigenvalue weighted by Gasteiger charge is 2.30. The summed E-state index contributed by atoms with van der Waals surface area (Å²) in [6, 6.07) is 21.4. The number of amides is 4. The minimum absolute atomic E-state index is 0.0409. The number of nitrogens with one attached hydrogen (secondary N) is 1. The molecule has 27 heteroatoms. The lowest BCUT2D eigenvalue weighted by Crippen LogP contribution is -2.49. The summed E-state index contributed by atoms with van der Waals surface area (Å²) < 4.78 is 136. The van der Waals surface area contributed by atoms with Crippen molar-refractivity contribution < 1.29 is 61.6 Å². The zero-order chi connectivity index (χ0) is 50.0. The maximum atomic E-state index is 15.0. The van der Waals surface area contributed by atoms with Gasteiger partial charge in [-0.2, -0.15) is 17.6 Å². The van der Waals surface area contributed by atoms with Crippen molar-refractivity contribution in [3.8, 4) is 22.9 Å². The zero-order valence-corrected chi connectivity index (χ0v) is 41.8. The van der Waals surface area contributed by atoms with Crippen LogP contribution in [-0.2, 0) is 31.5 Å². The fraction of sp³-hybridized carbons (Fsp3) is 0.286. The third kappa shape index (κ3) is 14.8. The van der Waals surface area contributed by atoms with Gasteiger partial charge in [-0.25, -0.2) is 35.2 Å². The third-order valence-electron chi connectivity index (χ3n) is 10.0. The third-order valence-corrected chi connectivity index (χ3v) is 14.9. The molecule has 0 unspecified atom stereocenters. The lowest BCUT2D eigenvalue weighted by Gasteiger charge is -2.33. The van der Waals surface area contributed by atoms with E-state index in [0.29, 0.717) is 22.3 Å². The molecule has 1 N–H and O–H groups in total. The number of urea groups is 2. The van der Waals surface area contributed by atoms with Gasteiger partial charge in [0.1, 0.15) is 11.6 Å². The Morgan fingerprint density at radius 2 is 1.07 bits per heavy atom. The van der Waals surface area contributed by atoms with E-state index >= 15 is 0 Å². The van der Waals surface area contributed by atoms with E-state index in [-0.39, 0.29) is 90.2 Å². The van der Waals surface area contributed by atoms with E-state index in [1.807, 2.05) is 12.1 Å². The van der Waals surface area contributed by atoms with E-state index in [1.165, 1.54) is 45.0 Å². The first-order valence-corrected chi connectivity index (χ1v) is 26.5. The maximum absolute atomic E-state index is 15.0. The molecular formula is C42H37Br3F6N8O8S2. The van der Waals surface area contributed by atoms with Crippen molar-refractivity contribution in [2.75, 3.05) is 59.4 Å². The highest BCUT2D eigenvalue weighted by molar-refractivity contribution is 9.10. The number of hydrogen-bond acceptors (Lipinski definition) is 12. The van der Waals surface area contributed by atoms with Crippen LogP contribution in [0.3, 0.4) is 0 Å². The van der Waals surface area contributed by atoms with Gasteiger partial charge < -0.3 is 24.0 Å². The molecule has 0 radical (unpaired) electrons. The Bertz CT molecular complexity index is 2950. The average molecular weight is 1200 g/mol. The number of carbonyl (C=O) groups is 2. The molecule has 2 aliphatic rings. The molecule has 2 saturated heterocycles. The summed E-state index contributed by atoms with van der Waals surface area (Å²) in [6.45, 7) is 0.440. The number of anilines is 2. The highest BCUT2D eigenvalue weighted by Crippen LogP contribution is 2.29. The average Bonchev–Trinajstić information content (AvgIpc) is 4.03. The van der Waals surface area contributed by atoms with Crippen LogP contribution in [0.5, 0.6) is 0 Å². The predicted octanol–water partition coefficient (Wildman–Crippen LogP) is 9.85. The summed E-state index contributed by atoms with van der Waals surface area (Å²) >= 11 is 9.77. The van der Waals surface area contributed by atoms with Gasteiger partial charge in [0.2, 0.25) is 11.8 Å². The van der Waals surface area contributed by atoms with E-state index < -0.39 is 62.0 Å².